The van der Waals surface area contributed by atoms with Gasteiger partial charge in [-0.1, -0.05) is 19.7 Å². The number of rotatable bonds is 9. The van der Waals surface area contributed by atoms with Crippen LogP contribution in [0, 0.1) is 0 Å². The minimum Gasteiger partial charge on any atom is -0.343 e. The molecule has 0 unspecified atom stereocenters. The Morgan fingerprint density at radius 1 is 0.567 bits per heavy atom. The quantitative estimate of drug-likeness (QED) is 0.345. The molecule has 162 valence electrons. The average Bonchev–Trinajstić information content (AvgIpc) is 2.77. The summed E-state index contributed by atoms with van der Waals surface area (Å²) < 4.78 is 0. The first-order valence-electron chi connectivity index (χ1n) is 8.76. The Morgan fingerprint density at radius 2 is 0.800 bits per heavy atom. The van der Waals surface area contributed by atoms with Gasteiger partial charge in [-0.15, -0.1) is 0 Å². The summed E-state index contributed by atoms with van der Waals surface area (Å²) in [4.78, 5) is 74.6. The SMILES string of the molecule is C=CC(=O)NCC(=O)N1CN(C(=O)CNC(=O)C=C)CN(C(=O)CNC(=O)C=C)C1. The third kappa shape index (κ3) is 7.58. The summed E-state index contributed by atoms with van der Waals surface area (Å²) in [5, 5.41) is 6.96. The zero-order valence-corrected chi connectivity index (χ0v) is 16.4. The van der Waals surface area contributed by atoms with E-state index in [1.54, 1.807) is 0 Å². The van der Waals surface area contributed by atoms with Gasteiger partial charge in [0, 0.05) is 0 Å². The Bertz CT molecular complexity index is 658. The van der Waals surface area contributed by atoms with Crippen LogP contribution in [-0.4, -0.2) is 89.8 Å². The van der Waals surface area contributed by atoms with Gasteiger partial charge in [0.2, 0.25) is 35.4 Å². The zero-order valence-electron chi connectivity index (χ0n) is 16.4. The van der Waals surface area contributed by atoms with E-state index in [1.165, 1.54) is 14.7 Å². The Morgan fingerprint density at radius 3 is 1.00 bits per heavy atom. The molecule has 1 aliphatic heterocycles. The van der Waals surface area contributed by atoms with Crippen molar-refractivity contribution in [2.75, 3.05) is 39.6 Å². The molecule has 0 radical (unpaired) electrons. The van der Waals surface area contributed by atoms with Gasteiger partial charge in [-0.2, -0.15) is 0 Å². The minimum absolute atomic E-state index is 0.158. The molecule has 1 heterocycles. The number of nitrogens with zero attached hydrogens (tertiary/aromatic N) is 3. The van der Waals surface area contributed by atoms with Crippen molar-refractivity contribution in [3.8, 4) is 0 Å². The van der Waals surface area contributed by atoms with Gasteiger partial charge >= 0.3 is 0 Å². The lowest BCUT2D eigenvalue weighted by atomic mass is 10.3. The van der Waals surface area contributed by atoms with Crippen molar-refractivity contribution >= 4 is 35.4 Å². The van der Waals surface area contributed by atoms with E-state index in [9.17, 15) is 28.8 Å². The molecule has 0 aliphatic carbocycles. The van der Waals surface area contributed by atoms with Crippen molar-refractivity contribution in [1.29, 1.82) is 0 Å². The highest BCUT2D eigenvalue weighted by molar-refractivity contribution is 5.93. The van der Waals surface area contributed by atoms with Crippen LogP contribution < -0.4 is 16.0 Å². The second-order valence-electron chi connectivity index (χ2n) is 5.99. The van der Waals surface area contributed by atoms with Crippen LogP contribution >= 0.6 is 0 Å². The Balaban J connectivity index is 2.87. The summed E-state index contributed by atoms with van der Waals surface area (Å²) in [5.74, 6) is -3.32. The summed E-state index contributed by atoms with van der Waals surface area (Å²) >= 11 is 0. The number of hydrogen-bond acceptors (Lipinski definition) is 6. The molecule has 12 nitrogen and oxygen atoms in total. The van der Waals surface area contributed by atoms with Gasteiger partial charge in [0.05, 0.1) is 39.6 Å². The van der Waals surface area contributed by atoms with Crippen LogP contribution in [0.5, 0.6) is 0 Å². The Kier molecular flexibility index (Phi) is 9.46. The third-order valence-electron chi connectivity index (χ3n) is 3.88. The van der Waals surface area contributed by atoms with Crippen molar-refractivity contribution in [3.63, 3.8) is 0 Å². The second-order valence-corrected chi connectivity index (χ2v) is 5.99. The standard InChI is InChI=1S/C18H24N6O6/c1-4-13(25)19-7-16(28)22-10-23(17(29)8-20-14(26)5-2)12-24(11-22)18(30)9-21-15(27)6-3/h4-6H,1-3,7-12H2,(H,19,25)(H,20,26)(H,21,27). The molecule has 0 aromatic rings. The van der Waals surface area contributed by atoms with Gasteiger partial charge in [0.25, 0.3) is 0 Å². The van der Waals surface area contributed by atoms with Gasteiger partial charge in [-0.05, 0) is 18.2 Å². The molecule has 30 heavy (non-hydrogen) atoms. The fourth-order valence-electron chi connectivity index (χ4n) is 2.27. The Labute approximate surface area is 173 Å². The minimum atomic E-state index is -0.555. The highest BCUT2D eigenvalue weighted by atomic mass is 16.2. The largest absolute Gasteiger partial charge is 0.343 e. The summed E-state index contributed by atoms with van der Waals surface area (Å²) in [6, 6.07) is 0. The second kappa shape index (κ2) is 11.8. The van der Waals surface area contributed by atoms with E-state index in [1.807, 2.05) is 0 Å². The normalized spacial score (nSPS) is 13.0. The van der Waals surface area contributed by atoms with Crippen LogP contribution in [0.2, 0.25) is 0 Å². The van der Waals surface area contributed by atoms with Crippen molar-refractivity contribution in [2.24, 2.45) is 0 Å². The van der Waals surface area contributed by atoms with Crippen LogP contribution in [0.1, 0.15) is 0 Å². The molecule has 0 atom stereocenters. The smallest absolute Gasteiger partial charge is 0.244 e. The van der Waals surface area contributed by atoms with Crippen LogP contribution in [0.4, 0.5) is 0 Å². The summed E-state index contributed by atoms with van der Waals surface area (Å²) in [6.07, 6.45) is 3.00. The van der Waals surface area contributed by atoms with Gasteiger partial charge in [0.1, 0.15) is 0 Å². The molecule has 0 saturated carbocycles. The fourth-order valence-corrected chi connectivity index (χ4v) is 2.27. The lowest BCUT2D eigenvalue weighted by Crippen LogP contribution is -2.62. The van der Waals surface area contributed by atoms with Crippen molar-refractivity contribution < 1.29 is 28.8 Å². The maximum atomic E-state index is 12.4. The van der Waals surface area contributed by atoms with Crippen molar-refractivity contribution in [3.05, 3.63) is 38.0 Å². The number of carbonyl (C=O) groups is 6. The monoisotopic (exact) mass is 420 g/mol. The molecule has 0 aromatic heterocycles. The highest BCUT2D eigenvalue weighted by Crippen LogP contribution is 2.09. The topological polar surface area (TPSA) is 148 Å². The Hall–Kier alpha value is -3.96. The molecule has 1 rings (SSSR count). The number of hydrogen-bond donors (Lipinski definition) is 3. The van der Waals surface area contributed by atoms with E-state index in [0.29, 0.717) is 0 Å². The van der Waals surface area contributed by atoms with Crippen LogP contribution in [-0.2, 0) is 28.8 Å². The lowest BCUT2D eigenvalue weighted by Gasteiger charge is -2.42. The summed E-state index contributed by atoms with van der Waals surface area (Å²) in [5.41, 5.74) is 0. The first kappa shape index (κ1) is 24.1. The number of nitrogens with one attached hydrogen (secondary N) is 3. The van der Waals surface area contributed by atoms with Crippen molar-refractivity contribution in [2.45, 2.75) is 0 Å². The van der Waals surface area contributed by atoms with Gasteiger partial charge in [0.15, 0.2) is 0 Å². The molecule has 12 heteroatoms. The summed E-state index contributed by atoms with van der Waals surface area (Å²) in [7, 11) is 0. The highest BCUT2D eigenvalue weighted by Gasteiger charge is 2.31. The summed E-state index contributed by atoms with van der Waals surface area (Å²) in [6.45, 7) is 8.27. The molecule has 0 spiro atoms. The van der Waals surface area contributed by atoms with E-state index >= 15 is 0 Å². The molecule has 1 fully saturated rings. The van der Waals surface area contributed by atoms with Gasteiger partial charge < -0.3 is 30.7 Å². The number of carbonyl (C=O) groups excluding carboxylic acids is 6. The maximum Gasteiger partial charge on any atom is 0.244 e. The van der Waals surface area contributed by atoms with Crippen molar-refractivity contribution in [1.82, 2.24) is 30.7 Å². The molecule has 1 saturated heterocycles. The molecular weight excluding hydrogens is 396 g/mol. The van der Waals surface area contributed by atoms with E-state index in [0.717, 1.165) is 18.2 Å². The predicted molar refractivity (Wildman–Crippen MR) is 105 cm³/mol. The predicted octanol–water partition coefficient (Wildman–Crippen LogP) is -2.74. The zero-order chi connectivity index (χ0) is 22.7. The molecule has 0 bridgehead atoms. The first-order valence-corrected chi connectivity index (χ1v) is 8.76. The first-order chi connectivity index (χ1) is 14.2. The molecule has 6 amide bonds. The molecule has 1 aliphatic rings. The van der Waals surface area contributed by atoms with Crippen LogP contribution in [0.3, 0.4) is 0 Å². The number of amides is 6. The van der Waals surface area contributed by atoms with Gasteiger partial charge in [-0.25, -0.2) is 0 Å². The van der Waals surface area contributed by atoms with E-state index in [4.69, 9.17) is 0 Å². The van der Waals surface area contributed by atoms with Gasteiger partial charge in [-0.3, -0.25) is 28.8 Å². The van der Waals surface area contributed by atoms with E-state index in [2.05, 4.69) is 35.7 Å². The van der Waals surface area contributed by atoms with E-state index in [-0.39, 0.29) is 39.6 Å². The van der Waals surface area contributed by atoms with Crippen LogP contribution in [0.25, 0.3) is 0 Å². The van der Waals surface area contributed by atoms with E-state index < -0.39 is 35.4 Å². The molecule has 3 N–H and O–H groups in total. The molecular formula is C18H24N6O6. The van der Waals surface area contributed by atoms with Crippen LogP contribution in [0.15, 0.2) is 38.0 Å². The lowest BCUT2D eigenvalue weighted by molar-refractivity contribution is -0.158. The fraction of sp³-hybridized carbons (Fsp3) is 0.333. The molecule has 0 aromatic carbocycles. The maximum absolute atomic E-state index is 12.4. The average molecular weight is 420 g/mol. The third-order valence-corrected chi connectivity index (χ3v) is 3.88.